The van der Waals surface area contributed by atoms with Crippen molar-refractivity contribution in [1.29, 1.82) is 0 Å². The van der Waals surface area contributed by atoms with E-state index in [1.807, 2.05) is 60.7 Å². The van der Waals surface area contributed by atoms with Gasteiger partial charge in [-0.2, -0.15) is 4.31 Å². The molecule has 31 heavy (non-hydrogen) atoms. The maximum absolute atomic E-state index is 13.5. The average molecular weight is 456 g/mol. The third-order valence-corrected chi connectivity index (χ3v) is 8.33. The minimum absolute atomic E-state index is 0.00101. The van der Waals surface area contributed by atoms with E-state index in [-0.39, 0.29) is 27.9 Å². The molecule has 3 aromatic rings. The van der Waals surface area contributed by atoms with Crippen LogP contribution in [-0.2, 0) is 26.2 Å². The summed E-state index contributed by atoms with van der Waals surface area (Å²) < 4.78 is 34.5. The van der Waals surface area contributed by atoms with Gasteiger partial charge in [0.25, 0.3) is 0 Å². The van der Waals surface area contributed by atoms with Crippen molar-refractivity contribution in [1.82, 2.24) is 4.31 Å². The maximum atomic E-state index is 13.5. The first kappa shape index (κ1) is 22.0. The van der Waals surface area contributed by atoms with Crippen molar-refractivity contribution < 1.29 is 17.9 Å². The maximum Gasteiger partial charge on any atom is 0.243 e. The molecule has 1 aliphatic heterocycles. The van der Waals surface area contributed by atoms with Crippen LogP contribution >= 0.6 is 11.8 Å². The van der Waals surface area contributed by atoms with E-state index >= 15 is 0 Å². The quantitative estimate of drug-likeness (QED) is 0.526. The first-order chi connectivity index (χ1) is 14.9. The van der Waals surface area contributed by atoms with Crippen LogP contribution in [0.5, 0.6) is 0 Å². The Balaban J connectivity index is 1.55. The molecule has 1 fully saturated rings. The van der Waals surface area contributed by atoms with Crippen LogP contribution in [0.1, 0.15) is 18.9 Å². The number of hydrogen-bond acceptors (Lipinski definition) is 5. The van der Waals surface area contributed by atoms with Gasteiger partial charge in [-0.25, -0.2) is 8.42 Å². The molecule has 0 unspecified atom stereocenters. The molecule has 7 heteroatoms. The zero-order chi connectivity index (χ0) is 21.8. The predicted molar refractivity (Wildman–Crippen MR) is 124 cm³/mol. The number of nitrogens with zero attached hydrogens (tertiary/aromatic N) is 1. The zero-order valence-electron chi connectivity index (χ0n) is 17.3. The summed E-state index contributed by atoms with van der Waals surface area (Å²) in [5.74, 6) is 0. The zero-order valence-corrected chi connectivity index (χ0v) is 18.9. The summed E-state index contributed by atoms with van der Waals surface area (Å²) in [5.41, 5.74) is 1.04. The number of benzene rings is 3. The number of hydrogen-bond donors (Lipinski definition) is 0. The second-order valence-corrected chi connectivity index (χ2v) is 11.1. The van der Waals surface area contributed by atoms with Crippen molar-refractivity contribution in [3.05, 3.63) is 78.4 Å². The van der Waals surface area contributed by atoms with E-state index in [1.165, 1.54) is 23.0 Å². The van der Waals surface area contributed by atoms with Crippen molar-refractivity contribution in [2.45, 2.75) is 36.1 Å². The molecule has 4 rings (SSSR count). The number of carbonyl (C=O) groups is 1. The highest BCUT2D eigenvalue weighted by atomic mass is 32.2. The molecule has 162 valence electrons. The summed E-state index contributed by atoms with van der Waals surface area (Å²) in [7, 11) is -3.71. The summed E-state index contributed by atoms with van der Waals surface area (Å²) >= 11 is 1.21. The topological polar surface area (TPSA) is 63.7 Å². The highest BCUT2D eigenvalue weighted by Gasteiger charge is 2.41. The Bertz CT molecular complexity index is 1160. The Hall–Kier alpha value is -2.19. The van der Waals surface area contributed by atoms with Crippen LogP contribution in [0.2, 0.25) is 0 Å². The molecule has 0 saturated carbocycles. The lowest BCUT2D eigenvalue weighted by molar-refractivity contribution is -0.109. The van der Waals surface area contributed by atoms with Gasteiger partial charge >= 0.3 is 0 Å². The molecular formula is C24H25NO4S2. The first-order valence-corrected chi connectivity index (χ1v) is 12.5. The van der Waals surface area contributed by atoms with Gasteiger partial charge in [-0.3, -0.25) is 4.79 Å². The van der Waals surface area contributed by atoms with Crippen LogP contribution in [0, 0.1) is 0 Å². The first-order valence-electron chi connectivity index (χ1n) is 10.2. The molecule has 3 aromatic carbocycles. The SMILES string of the molecule is CC(=O)S[C@H]1C[C@H](COCc2ccccc2)N(S(=O)(=O)c2ccc3ccccc3c2)C1. The van der Waals surface area contributed by atoms with Crippen molar-refractivity contribution in [3.8, 4) is 0 Å². The number of ether oxygens (including phenoxy) is 1. The van der Waals surface area contributed by atoms with E-state index in [1.54, 1.807) is 12.1 Å². The molecule has 2 atom stereocenters. The molecule has 0 amide bonds. The largest absolute Gasteiger partial charge is 0.375 e. The molecule has 0 bridgehead atoms. The number of rotatable bonds is 7. The smallest absolute Gasteiger partial charge is 0.243 e. The molecule has 0 N–H and O–H groups in total. The minimum atomic E-state index is -3.71. The summed E-state index contributed by atoms with van der Waals surface area (Å²) in [5, 5.41) is 1.81. The number of fused-ring (bicyclic) bond motifs is 1. The Kier molecular flexibility index (Phi) is 6.77. The fraction of sp³-hybridized carbons (Fsp3) is 0.292. The highest BCUT2D eigenvalue weighted by molar-refractivity contribution is 8.14. The lowest BCUT2D eigenvalue weighted by Crippen LogP contribution is -2.38. The summed E-state index contributed by atoms with van der Waals surface area (Å²) in [6.07, 6.45) is 0.589. The van der Waals surface area contributed by atoms with E-state index in [9.17, 15) is 13.2 Å². The van der Waals surface area contributed by atoms with Crippen LogP contribution in [0.3, 0.4) is 0 Å². The standard InChI is InChI=1S/C24H25NO4S2/c1-18(26)30-23-14-22(17-29-16-19-7-3-2-4-8-19)25(15-23)31(27,28)24-12-11-20-9-5-6-10-21(20)13-24/h2-13,22-23H,14-17H2,1H3/t22-,23+/m1/s1. The number of sulfonamides is 1. The van der Waals surface area contributed by atoms with Crippen molar-refractivity contribution >= 4 is 37.7 Å². The highest BCUT2D eigenvalue weighted by Crippen LogP contribution is 2.33. The van der Waals surface area contributed by atoms with E-state index in [0.29, 0.717) is 19.6 Å². The van der Waals surface area contributed by atoms with Crippen LogP contribution < -0.4 is 0 Å². The molecule has 0 aromatic heterocycles. The Labute approximate surface area is 187 Å². The van der Waals surface area contributed by atoms with Gasteiger partial charge in [0.05, 0.1) is 18.1 Å². The second kappa shape index (κ2) is 9.53. The molecule has 5 nitrogen and oxygen atoms in total. The molecular weight excluding hydrogens is 430 g/mol. The Morgan fingerprint density at radius 1 is 1.03 bits per heavy atom. The van der Waals surface area contributed by atoms with E-state index in [4.69, 9.17) is 4.74 Å². The van der Waals surface area contributed by atoms with Gasteiger partial charge in [-0.15, -0.1) is 0 Å². The molecule has 1 aliphatic rings. The van der Waals surface area contributed by atoms with E-state index < -0.39 is 10.0 Å². The fourth-order valence-corrected chi connectivity index (χ4v) is 6.78. The normalized spacial score (nSPS) is 19.6. The van der Waals surface area contributed by atoms with Crippen molar-refractivity contribution in [3.63, 3.8) is 0 Å². The second-order valence-electron chi connectivity index (χ2n) is 7.71. The van der Waals surface area contributed by atoms with E-state index in [0.717, 1.165) is 16.3 Å². The monoisotopic (exact) mass is 455 g/mol. The lowest BCUT2D eigenvalue weighted by atomic mass is 10.1. The third kappa shape index (κ3) is 5.18. The van der Waals surface area contributed by atoms with Gasteiger partial charge in [-0.1, -0.05) is 72.4 Å². The Morgan fingerprint density at radius 3 is 2.48 bits per heavy atom. The van der Waals surface area contributed by atoms with Gasteiger partial charge < -0.3 is 4.74 Å². The Morgan fingerprint density at radius 2 is 1.74 bits per heavy atom. The van der Waals surface area contributed by atoms with E-state index in [2.05, 4.69) is 0 Å². The molecule has 0 spiro atoms. The van der Waals surface area contributed by atoms with Crippen LogP contribution in [0.15, 0.2) is 77.7 Å². The number of thioether (sulfide) groups is 1. The van der Waals surface area contributed by atoms with Crippen molar-refractivity contribution in [2.75, 3.05) is 13.2 Å². The average Bonchev–Trinajstić information content (AvgIpc) is 3.16. The summed E-state index contributed by atoms with van der Waals surface area (Å²) in [6, 6.07) is 22.4. The van der Waals surface area contributed by atoms with Gasteiger partial charge in [0.15, 0.2) is 5.12 Å². The van der Waals surface area contributed by atoms with Crippen LogP contribution in [0.4, 0.5) is 0 Å². The predicted octanol–water partition coefficient (Wildman–Crippen LogP) is 4.47. The van der Waals surface area contributed by atoms with Crippen LogP contribution in [0.25, 0.3) is 10.8 Å². The molecule has 1 heterocycles. The van der Waals surface area contributed by atoms with Gasteiger partial charge in [0.1, 0.15) is 0 Å². The van der Waals surface area contributed by atoms with Gasteiger partial charge in [0, 0.05) is 24.8 Å². The van der Waals surface area contributed by atoms with Crippen molar-refractivity contribution in [2.24, 2.45) is 0 Å². The van der Waals surface area contributed by atoms with Crippen LogP contribution in [-0.4, -0.2) is 42.3 Å². The molecule has 0 aliphatic carbocycles. The fourth-order valence-electron chi connectivity index (χ4n) is 3.96. The third-order valence-electron chi connectivity index (χ3n) is 5.41. The summed E-state index contributed by atoms with van der Waals surface area (Å²) in [4.78, 5) is 11.9. The molecule has 1 saturated heterocycles. The number of carbonyl (C=O) groups excluding carboxylic acids is 1. The van der Waals surface area contributed by atoms with Gasteiger partial charge in [-0.05, 0) is 34.9 Å². The molecule has 0 radical (unpaired) electrons. The lowest BCUT2D eigenvalue weighted by Gasteiger charge is -2.24. The minimum Gasteiger partial charge on any atom is -0.375 e. The summed E-state index contributed by atoms with van der Waals surface area (Å²) in [6.45, 7) is 2.53. The van der Waals surface area contributed by atoms with Gasteiger partial charge in [0.2, 0.25) is 10.0 Å².